The molecule has 0 aromatic heterocycles. The van der Waals surface area contributed by atoms with E-state index < -0.39 is 12.0 Å². The van der Waals surface area contributed by atoms with Crippen molar-refractivity contribution >= 4 is 11.9 Å². The largest absolute Gasteiger partial charge is 0.493 e. The lowest BCUT2D eigenvalue weighted by Gasteiger charge is -2.26. The van der Waals surface area contributed by atoms with E-state index in [9.17, 15) is 9.59 Å². The minimum Gasteiger partial charge on any atom is -0.493 e. The number of carbonyl (C=O) groups excluding carboxylic acids is 1. The van der Waals surface area contributed by atoms with Crippen LogP contribution < -0.4 is 10.1 Å². The van der Waals surface area contributed by atoms with Crippen LogP contribution in [0.3, 0.4) is 0 Å². The highest BCUT2D eigenvalue weighted by molar-refractivity contribution is 5.88. The molecule has 0 aliphatic carbocycles. The van der Waals surface area contributed by atoms with Gasteiger partial charge in [-0.25, -0.2) is 4.79 Å². The number of hydrogen-bond acceptors (Lipinski definition) is 4. The summed E-state index contributed by atoms with van der Waals surface area (Å²) in [6, 6.07) is 6.40. The third-order valence-corrected chi connectivity index (χ3v) is 3.50. The van der Waals surface area contributed by atoms with Gasteiger partial charge in [0.25, 0.3) is 0 Å². The van der Waals surface area contributed by atoms with Crippen LogP contribution in [0.4, 0.5) is 0 Å². The van der Waals surface area contributed by atoms with E-state index in [0.29, 0.717) is 18.8 Å². The maximum absolute atomic E-state index is 12.4. The van der Waals surface area contributed by atoms with E-state index in [-0.39, 0.29) is 24.9 Å². The molecule has 6 heteroatoms. The van der Waals surface area contributed by atoms with Gasteiger partial charge in [0.1, 0.15) is 11.8 Å². The number of nitrogens with one attached hydrogen (secondary N) is 1. The average Bonchev–Trinajstić information content (AvgIpc) is 2.50. The van der Waals surface area contributed by atoms with Gasteiger partial charge in [0.2, 0.25) is 5.91 Å². The Balaban J connectivity index is 2.08. The number of carboxylic acid groups (broad SMARTS) is 1. The normalized spacial score (nSPS) is 18.2. The van der Waals surface area contributed by atoms with Crippen LogP contribution in [-0.2, 0) is 14.3 Å². The van der Waals surface area contributed by atoms with Crippen LogP contribution in [-0.4, -0.2) is 43.3 Å². The van der Waals surface area contributed by atoms with Gasteiger partial charge in [0.05, 0.1) is 12.5 Å². The molecular weight excluding hydrogens is 274 g/mol. The van der Waals surface area contributed by atoms with Gasteiger partial charge in [-0.2, -0.15) is 0 Å². The molecule has 2 atom stereocenters. The van der Waals surface area contributed by atoms with E-state index >= 15 is 0 Å². The topological polar surface area (TPSA) is 84.9 Å². The summed E-state index contributed by atoms with van der Waals surface area (Å²) in [7, 11) is 1.50. The van der Waals surface area contributed by atoms with Crippen molar-refractivity contribution in [1.29, 1.82) is 0 Å². The molecule has 1 aliphatic rings. The fraction of sp³-hybridized carbons (Fsp3) is 0.467. The monoisotopic (exact) mass is 293 g/mol. The summed E-state index contributed by atoms with van der Waals surface area (Å²) < 4.78 is 10.4. The molecule has 0 saturated carbocycles. The van der Waals surface area contributed by atoms with Gasteiger partial charge in [0, 0.05) is 25.7 Å². The molecular formula is C15H19NO5. The molecule has 1 aromatic carbocycles. The van der Waals surface area contributed by atoms with Gasteiger partial charge in [-0.05, 0) is 12.5 Å². The van der Waals surface area contributed by atoms with Crippen LogP contribution in [0, 0.1) is 0 Å². The zero-order valence-corrected chi connectivity index (χ0v) is 11.9. The highest BCUT2D eigenvalue weighted by atomic mass is 16.5. The van der Waals surface area contributed by atoms with Crippen molar-refractivity contribution in [2.75, 3.05) is 20.3 Å². The molecule has 1 heterocycles. The van der Waals surface area contributed by atoms with Crippen LogP contribution in [0.1, 0.15) is 24.3 Å². The van der Waals surface area contributed by atoms with Crippen molar-refractivity contribution in [1.82, 2.24) is 5.32 Å². The Morgan fingerprint density at radius 1 is 1.48 bits per heavy atom. The molecule has 2 N–H and O–H groups in total. The zero-order valence-electron chi connectivity index (χ0n) is 11.9. The smallest absolute Gasteiger partial charge is 0.326 e. The van der Waals surface area contributed by atoms with Crippen LogP contribution in [0.5, 0.6) is 5.75 Å². The van der Waals surface area contributed by atoms with Crippen LogP contribution in [0.15, 0.2) is 24.3 Å². The van der Waals surface area contributed by atoms with Gasteiger partial charge in [-0.15, -0.1) is 0 Å². The number of methoxy groups -OCH3 is 1. The number of amides is 1. The fourth-order valence-corrected chi connectivity index (χ4v) is 2.38. The minimum atomic E-state index is -1.05. The van der Waals surface area contributed by atoms with Gasteiger partial charge >= 0.3 is 5.97 Å². The molecule has 0 unspecified atom stereocenters. The quantitative estimate of drug-likeness (QED) is 0.822. The second-order valence-corrected chi connectivity index (χ2v) is 4.91. The molecule has 114 valence electrons. The third kappa shape index (κ3) is 3.72. The number of rotatable bonds is 6. The summed E-state index contributed by atoms with van der Waals surface area (Å²) in [5, 5.41) is 11.7. The number of benzene rings is 1. The molecule has 1 amide bonds. The Morgan fingerprint density at radius 2 is 2.24 bits per heavy atom. The number of carboxylic acids is 1. The second-order valence-electron chi connectivity index (χ2n) is 4.91. The molecule has 0 bridgehead atoms. The van der Waals surface area contributed by atoms with Crippen molar-refractivity contribution in [2.24, 2.45) is 0 Å². The summed E-state index contributed by atoms with van der Waals surface area (Å²) in [6.45, 7) is 0.729. The summed E-state index contributed by atoms with van der Waals surface area (Å²) in [6.07, 6.45) is 0.780. The van der Waals surface area contributed by atoms with Crippen LogP contribution in [0.2, 0.25) is 0 Å². The summed E-state index contributed by atoms with van der Waals surface area (Å²) >= 11 is 0. The van der Waals surface area contributed by atoms with Crippen molar-refractivity contribution in [3.05, 3.63) is 29.8 Å². The average molecular weight is 293 g/mol. The SMILES string of the molecule is COCC[C@@H](NC(=O)[C@@H]1CCOc2ccccc21)C(=O)O. The first kappa shape index (κ1) is 15.3. The third-order valence-electron chi connectivity index (χ3n) is 3.50. The molecule has 2 rings (SSSR count). The highest BCUT2D eigenvalue weighted by Gasteiger charge is 2.30. The second kappa shape index (κ2) is 7.08. The molecule has 0 saturated heterocycles. The maximum Gasteiger partial charge on any atom is 0.326 e. The molecule has 1 aliphatic heterocycles. The van der Waals surface area contributed by atoms with E-state index in [2.05, 4.69) is 5.32 Å². The van der Waals surface area contributed by atoms with E-state index in [4.69, 9.17) is 14.6 Å². The zero-order chi connectivity index (χ0) is 15.2. The Kier molecular flexibility index (Phi) is 5.16. The van der Waals surface area contributed by atoms with Crippen molar-refractivity contribution in [2.45, 2.75) is 24.8 Å². The molecule has 21 heavy (non-hydrogen) atoms. The van der Waals surface area contributed by atoms with E-state index in [1.54, 1.807) is 0 Å². The van der Waals surface area contributed by atoms with Crippen LogP contribution in [0.25, 0.3) is 0 Å². The summed E-state index contributed by atoms with van der Waals surface area (Å²) in [5.41, 5.74) is 0.803. The first-order chi connectivity index (χ1) is 10.1. The number of ether oxygens (including phenoxy) is 2. The molecule has 0 fully saturated rings. The van der Waals surface area contributed by atoms with E-state index in [1.165, 1.54) is 7.11 Å². The minimum absolute atomic E-state index is 0.239. The Hall–Kier alpha value is -2.08. The van der Waals surface area contributed by atoms with Gasteiger partial charge in [-0.3, -0.25) is 4.79 Å². The standard InChI is InChI=1S/C15H19NO5/c1-20-8-7-12(15(18)19)16-14(17)11-6-9-21-13-5-3-2-4-10(11)13/h2-5,11-12H,6-9H2,1H3,(H,16,17)(H,18,19)/t11-,12-/m1/s1. The molecule has 0 spiro atoms. The highest BCUT2D eigenvalue weighted by Crippen LogP contribution is 2.33. The Morgan fingerprint density at radius 3 is 2.95 bits per heavy atom. The predicted octanol–water partition coefficient (Wildman–Crippen LogP) is 1.16. The lowest BCUT2D eigenvalue weighted by atomic mass is 9.92. The van der Waals surface area contributed by atoms with Crippen molar-refractivity contribution in [3.63, 3.8) is 0 Å². The maximum atomic E-state index is 12.4. The first-order valence-corrected chi connectivity index (χ1v) is 6.87. The summed E-state index contributed by atoms with van der Waals surface area (Å²) in [5.74, 6) is -1.03. The fourth-order valence-electron chi connectivity index (χ4n) is 2.38. The lowest BCUT2D eigenvalue weighted by molar-refractivity contribution is -0.142. The molecule has 6 nitrogen and oxygen atoms in total. The van der Waals surface area contributed by atoms with Gasteiger partial charge in [0.15, 0.2) is 0 Å². The van der Waals surface area contributed by atoms with Crippen molar-refractivity contribution in [3.8, 4) is 5.75 Å². The Labute approximate surface area is 123 Å². The van der Waals surface area contributed by atoms with Gasteiger partial charge < -0.3 is 19.9 Å². The van der Waals surface area contributed by atoms with Gasteiger partial charge in [-0.1, -0.05) is 18.2 Å². The Bertz CT molecular complexity index is 517. The lowest BCUT2D eigenvalue weighted by Crippen LogP contribution is -2.44. The predicted molar refractivity (Wildman–Crippen MR) is 75.4 cm³/mol. The number of aliphatic carboxylic acids is 1. The van der Waals surface area contributed by atoms with E-state index in [0.717, 1.165) is 5.56 Å². The van der Waals surface area contributed by atoms with E-state index in [1.807, 2.05) is 24.3 Å². The van der Waals surface area contributed by atoms with Crippen molar-refractivity contribution < 1.29 is 24.2 Å². The number of hydrogen-bond donors (Lipinski definition) is 2. The molecule has 0 radical (unpaired) electrons. The number of para-hydroxylation sites is 1. The number of fused-ring (bicyclic) bond motifs is 1. The molecule has 1 aromatic rings. The summed E-state index contributed by atoms with van der Waals surface area (Å²) in [4.78, 5) is 23.5. The first-order valence-electron chi connectivity index (χ1n) is 6.87. The van der Waals surface area contributed by atoms with Crippen LogP contribution >= 0.6 is 0 Å². The number of carbonyl (C=O) groups is 2.